The van der Waals surface area contributed by atoms with E-state index in [9.17, 15) is 0 Å². The van der Waals surface area contributed by atoms with Crippen LogP contribution in [-0.2, 0) is 6.54 Å². The van der Waals surface area contributed by atoms with Gasteiger partial charge in [0.25, 0.3) is 0 Å². The van der Waals surface area contributed by atoms with E-state index in [0.29, 0.717) is 13.2 Å². The third-order valence-electron chi connectivity index (χ3n) is 2.22. The molecule has 17 heavy (non-hydrogen) atoms. The smallest absolute Gasteiger partial charge is 0.119 e. The SMILES string of the molecule is C=C/C=C\NCCCOc1cccc(CN)c1. The molecule has 0 saturated carbocycles. The Morgan fingerprint density at radius 2 is 2.29 bits per heavy atom. The lowest BCUT2D eigenvalue weighted by Crippen LogP contribution is -2.11. The van der Waals surface area contributed by atoms with Crippen LogP contribution in [0.1, 0.15) is 12.0 Å². The summed E-state index contributed by atoms with van der Waals surface area (Å²) in [6.45, 7) is 5.72. The average molecular weight is 232 g/mol. The number of hydrogen-bond donors (Lipinski definition) is 2. The predicted octanol–water partition coefficient (Wildman–Crippen LogP) is 2.20. The molecule has 3 heteroatoms. The van der Waals surface area contributed by atoms with Crippen molar-refractivity contribution in [3.8, 4) is 5.75 Å². The molecule has 0 heterocycles. The maximum atomic E-state index is 5.62. The van der Waals surface area contributed by atoms with E-state index in [4.69, 9.17) is 10.5 Å². The Hall–Kier alpha value is -1.74. The van der Waals surface area contributed by atoms with Gasteiger partial charge in [-0.25, -0.2) is 0 Å². The Balaban J connectivity index is 2.17. The van der Waals surface area contributed by atoms with Crippen LogP contribution in [0.4, 0.5) is 0 Å². The lowest BCUT2D eigenvalue weighted by atomic mass is 10.2. The summed E-state index contributed by atoms with van der Waals surface area (Å²) in [5.74, 6) is 0.884. The van der Waals surface area contributed by atoms with Crippen LogP contribution < -0.4 is 15.8 Å². The van der Waals surface area contributed by atoms with Crippen molar-refractivity contribution in [1.29, 1.82) is 0 Å². The van der Waals surface area contributed by atoms with Crippen LogP contribution >= 0.6 is 0 Å². The van der Waals surface area contributed by atoms with E-state index in [1.165, 1.54) is 0 Å². The molecule has 3 nitrogen and oxygen atoms in total. The first-order valence-electron chi connectivity index (χ1n) is 5.79. The minimum Gasteiger partial charge on any atom is -0.494 e. The van der Waals surface area contributed by atoms with Crippen molar-refractivity contribution in [3.63, 3.8) is 0 Å². The van der Waals surface area contributed by atoms with Gasteiger partial charge in [-0.15, -0.1) is 0 Å². The van der Waals surface area contributed by atoms with Gasteiger partial charge in [0.2, 0.25) is 0 Å². The van der Waals surface area contributed by atoms with E-state index in [-0.39, 0.29) is 0 Å². The molecular formula is C14H20N2O. The van der Waals surface area contributed by atoms with Crippen LogP contribution in [-0.4, -0.2) is 13.2 Å². The highest BCUT2D eigenvalue weighted by atomic mass is 16.5. The standard InChI is InChI=1S/C14H20N2O/c1-2-3-8-16-9-5-10-17-14-7-4-6-13(11-14)12-15/h2-4,6-8,11,16H,1,5,9-10,12,15H2/b8-3-. The summed E-state index contributed by atoms with van der Waals surface area (Å²) in [6, 6.07) is 7.88. The fourth-order valence-electron chi connectivity index (χ4n) is 1.35. The van der Waals surface area contributed by atoms with Crippen molar-refractivity contribution in [2.75, 3.05) is 13.2 Å². The number of benzene rings is 1. The molecule has 0 amide bonds. The molecule has 1 aromatic carbocycles. The molecule has 1 rings (SSSR count). The highest BCUT2D eigenvalue weighted by molar-refractivity contribution is 5.28. The zero-order valence-corrected chi connectivity index (χ0v) is 10.1. The number of nitrogens with two attached hydrogens (primary N) is 1. The Morgan fingerprint density at radius 3 is 3.06 bits per heavy atom. The molecule has 92 valence electrons. The van der Waals surface area contributed by atoms with E-state index in [1.807, 2.05) is 36.5 Å². The van der Waals surface area contributed by atoms with E-state index >= 15 is 0 Å². The predicted molar refractivity (Wildman–Crippen MR) is 71.8 cm³/mol. The number of allylic oxidation sites excluding steroid dienone is 2. The van der Waals surface area contributed by atoms with Crippen molar-refractivity contribution < 1.29 is 4.74 Å². The minimum atomic E-state index is 0.547. The average Bonchev–Trinajstić information content (AvgIpc) is 2.38. The first kappa shape index (κ1) is 13.3. The lowest BCUT2D eigenvalue weighted by molar-refractivity contribution is 0.310. The molecule has 0 bridgehead atoms. The second-order valence-corrected chi connectivity index (χ2v) is 3.60. The number of nitrogens with one attached hydrogen (secondary N) is 1. The fraction of sp³-hybridized carbons (Fsp3) is 0.286. The third kappa shape index (κ3) is 5.78. The topological polar surface area (TPSA) is 47.3 Å². The summed E-state index contributed by atoms with van der Waals surface area (Å²) in [5.41, 5.74) is 6.65. The van der Waals surface area contributed by atoms with Crippen molar-refractivity contribution in [2.24, 2.45) is 5.73 Å². The van der Waals surface area contributed by atoms with Gasteiger partial charge in [0.15, 0.2) is 0 Å². The molecule has 3 N–H and O–H groups in total. The van der Waals surface area contributed by atoms with Crippen LogP contribution in [0.25, 0.3) is 0 Å². The fourth-order valence-corrected chi connectivity index (χ4v) is 1.35. The summed E-state index contributed by atoms with van der Waals surface area (Å²) >= 11 is 0. The van der Waals surface area contributed by atoms with Crippen molar-refractivity contribution in [3.05, 3.63) is 54.8 Å². The molecule has 0 aliphatic carbocycles. The van der Waals surface area contributed by atoms with Gasteiger partial charge in [-0.3, -0.25) is 0 Å². The molecule has 0 aromatic heterocycles. The molecule has 0 spiro atoms. The highest BCUT2D eigenvalue weighted by Crippen LogP contribution is 2.12. The zero-order chi connectivity index (χ0) is 12.3. The van der Waals surface area contributed by atoms with Gasteiger partial charge in [-0.1, -0.05) is 24.8 Å². The van der Waals surface area contributed by atoms with Crippen LogP contribution in [0, 0.1) is 0 Å². The summed E-state index contributed by atoms with van der Waals surface area (Å²) in [6.07, 6.45) is 6.43. The van der Waals surface area contributed by atoms with Crippen molar-refractivity contribution >= 4 is 0 Å². The van der Waals surface area contributed by atoms with E-state index in [0.717, 1.165) is 24.3 Å². The molecular weight excluding hydrogens is 212 g/mol. The van der Waals surface area contributed by atoms with Crippen LogP contribution in [0.3, 0.4) is 0 Å². The monoisotopic (exact) mass is 232 g/mol. The Morgan fingerprint density at radius 1 is 1.41 bits per heavy atom. The highest BCUT2D eigenvalue weighted by Gasteiger charge is 1.95. The molecule has 0 unspecified atom stereocenters. The van der Waals surface area contributed by atoms with E-state index in [2.05, 4.69) is 11.9 Å². The number of rotatable bonds is 8. The molecule has 0 fully saturated rings. The summed E-state index contributed by atoms with van der Waals surface area (Å²) < 4.78 is 5.62. The first-order valence-corrected chi connectivity index (χ1v) is 5.79. The maximum Gasteiger partial charge on any atom is 0.119 e. The van der Waals surface area contributed by atoms with Gasteiger partial charge >= 0.3 is 0 Å². The molecule has 0 atom stereocenters. The molecule has 0 radical (unpaired) electrons. The largest absolute Gasteiger partial charge is 0.494 e. The van der Waals surface area contributed by atoms with E-state index < -0.39 is 0 Å². The van der Waals surface area contributed by atoms with Gasteiger partial charge < -0.3 is 15.8 Å². The van der Waals surface area contributed by atoms with Gasteiger partial charge in [-0.2, -0.15) is 0 Å². The normalized spacial score (nSPS) is 10.4. The molecule has 0 aliphatic heterocycles. The maximum absolute atomic E-state index is 5.62. The second-order valence-electron chi connectivity index (χ2n) is 3.60. The minimum absolute atomic E-state index is 0.547. The summed E-state index contributed by atoms with van der Waals surface area (Å²) in [4.78, 5) is 0. The molecule has 0 saturated heterocycles. The third-order valence-corrected chi connectivity index (χ3v) is 2.22. The van der Waals surface area contributed by atoms with Crippen LogP contribution in [0.15, 0.2) is 49.2 Å². The van der Waals surface area contributed by atoms with Crippen molar-refractivity contribution in [1.82, 2.24) is 5.32 Å². The number of hydrogen-bond acceptors (Lipinski definition) is 3. The van der Waals surface area contributed by atoms with Gasteiger partial charge in [0.1, 0.15) is 5.75 Å². The van der Waals surface area contributed by atoms with Crippen LogP contribution in [0.2, 0.25) is 0 Å². The zero-order valence-electron chi connectivity index (χ0n) is 10.1. The summed E-state index contributed by atoms with van der Waals surface area (Å²) in [7, 11) is 0. The Labute approximate surface area is 103 Å². The van der Waals surface area contributed by atoms with Crippen molar-refractivity contribution in [2.45, 2.75) is 13.0 Å². The Bertz CT molecular complexity index is 361. The second kappa shape index (κ2) is 8.42. The quantitative estimate of drug-likeness (QED) is 0.533. The molecule has 0 aliphatic rings. The number of ether oxygens (including phenoxy) is 1. The van der Waals surface area contributed by atoms with E-state index in [1.54, 1.807) is 6.08 Å². The molecule has 1 aromatic rings. The van der Waals surface area contributed by atoms with Gasteiger partial charge in [0, 0.05) is 13.1 Å². The first-order chi connectivity index (χ1) is 8.36. The van der Waals surface area contributed by atoms with Gasteiger partial charge in [0.05, 0.1) is 6.61 Å². The van der Waals surface area contributed by atoms with Crippen LogP contribution in [0.5, 0.6) is 5.75 Å². The Kier molecular flexibility index (Phi) is 6.60. The summed E-state index contributed by atoms with van der Waals surface area (Å²) in [5, 5.41) is 3.14. The van der Waals surface area contributed by atoms with Gasteiger partial charge in [-0.05, 0) is 36.4 Å². The lowest BCUT2D eigenvalue weighted by Gasteiger charge is -2.07.